The molecule has 1 heterocycles. The predicted molar refractivity (Wildman–Crippen MR) is 93.3 cm³/mol. The van der Waals surface area contributed by atoms with Gasteiger partial charge in [0.25, 0.3) is 0 Å². The van der Waals surface area contributed by atoms with E-state index in [4.69, 9.17) is 4.42 Å². The molecule has 0 aliphatic carbocycles. The summed E-state index contributed by atoms with van der Waals surface area (Å²) in [5.74, 6) is -0.333. The van der Waals surface area contributed by atoms with Crippen molar-refractivity contribution in [1.82, 2.24) is 4.98 Å². The number of aromatic amines is 1. The lowest BCUT2D eigenvalue weighted by molar-refractivity contribution is 0.514. The van der Waals surface area contributed by atoms with Crippen molar-refractivity contribution in [2.24, 2.45) is 0 Å². The van der Waals surface area contributed by atoms with Gasteiger partial charge in [-0.1, -0.05) is 90.4 Å². The van der Waals surface area contributed by atoms with Gasteiger partial charge in [0.2, 0.25) is 0 Å². The SMILES string of the molecule is CCCCCCCCCCCCCCCCc1coc(=O)[nH]1. The number of hydrogen-bond donors (Lipinski definition) is 1. The summed E-state index contributed by atoms with van der Waals surface area (Å²) >= 11 is 0. The van der Waals surface area contributed by atoms with E-state index in [0.29, 0.717) is 0 Å². The Bertz CT molecular complexity index is 394. The molecule has 0 radical (unpaired) electrons. The molecular weight excluding hydrogens is 274 g/mol. The Morgan fingerprint density at radius 2 is 1.23 bits per heavy atom. The van der Waals surface area contributed by atoms with E-state index < -0.39 is 0 Å². The van der Waals surface area contributed by atoms with Gasteiger partial charge in [0.1, 0.15) is 6.26 Å². The average molecular weight is 309 g/mol. The van der Waals surface area contributed by atoms with Crippen LogP contribution >= 0.6 is 0 Å². The van der Waals surface area contributed by atoms with E-state index in [1.54, 1.807) is 6.26 Å². The van der Waals surface area contributed by atoms with E-state index in [2.05, 4.69) is 11.9 Å². The number of H-pyrrole nitrogens is 1. The zero-order valence-corrected chi connectivity index (χ0v) is 14.5. The van der Waals surface area contributed by atoms with Crippen LogP contribution in [0.25, 0.3) is 0 Å². The van der Waals surface area contributed by atoms with Crippen LogP contribution in [0.3, 0.4) is 0 Å². The minimum atomic E-state index is -0.333. The van der Waals surface area contributed by atoms with Crippen LogP contribution in [-0.4, -0.2) is 4.98 Å². The van der Waals surface area contributed by atoms with Gasteiger partial charge < -0.3 is 4.42 Å². The van der Waals surface area contributed by atoms with Crippen LogP contribution in [0.5, 0.6) is 0 Å². The Kier molecular flexibility index (Phi) is 11.8. The molecule has 1 N–H and O–H groups in total. The first-order chi connectivity index (χ1) is 10.8. The zero-order chi connectivity index (χ0) is 15.9. The summed E-state index contributed by atoms with van der Waals surface area (Å²) in [5, 5.41) is 0. The van der Waals surface area contributed by atoms with Gasteiger partial charge in [-0.2, -0.15) is 0 Å². The van der Waals surface area contributed by atoms with Gasteiger partial charge in [-0.25, -0.2) is 4.79 Å². The van der Waals surface area contributed by atoms with Crippen molar-refractivity contribution in [3.05, 3.63) is 22.5 Å². The molecule has 0 saturated heterocycles. The van der Waals surface area contributed by atoms with Crippen LogP contribution in [-0.2, 0) is 6.42 Å². The second-order valence-electron chi connectivity index (χ2n) is 6.52. The Morgan fingerprint density at radius 1 is 0.773 bits per heavy atom. The van der Waals surface area contributed by atoms with Gasteiger partial charge in [0, 0.05) is 0 Å². The molecule has 0 bridgehead atoms. The topological polar surface area (TPSA) is 46.0 Å². The third kappa shape index (κ3) is 10.7. The number of rotatable bonds is 15. The molecule has 0 aromatic carbocycles. The molecule has 3 heteroatoms. The van der Waals surface area contributed by atoms with Gasteiger partial charge in [0.15, 0.2) is 0 Å². The maximum Gasteiger partial charge on any atom is 0.416 e. The fourth-order valence-corrected chi connectivity index (χ4v) is 2.95. The van der Waals surface area contributed by atoms with E-state index in [1.165, 1.54) is 83.5 Å². The zero-order valence-electron chi connectivity index (χ0n) is 14.5. The van der Waals surface area contributed by atoms with Crippen molar-refractivity contribution >= 4 is 0 Å². The van der Waals surface area contributed by atoms with Gasteiger partial charge in [-0.15, -0.1) is 0 Å². The highest BCUT2D eigenvalue weighted by atomic mass is 16.4. The quantitative estimate of drug-likeness (QED) is 0.404. The highest BCUT2D eigenvalue weighted by Gasteiger charge is 1.98. The summed E-state index contributed by atoms with van der Waals surface area (Å²) < 4.78 is 4.72. The summed E-state index contributed by atoms with van der Waals surface area (Å²) in [6, 6.07) is 0. The fourth-order valence-electron chi connectivity index (χ4n) is 2.95. The summed E-state index contributed by atoms with van der Waals surface area (Å²) in [5.41, 5.74) is 0.934. The van der Waals surface area contributed by atoms with Crippen molar-refractivity contribution in [2.45, 2.75) is 103 Å². The lowest BCUT2D eigenvalue weighted by Gasteiger charge is -2.03. The highest BCUT2D eigenvalue weighted by Crippen LogP contribution is 2.13. The second kappa shape index (κ2) is 13.7. The van der Waals surface area contributed by atoms with Crippen LogP contribution in [0, 0.1) is 0 Å². The van der Waals surface area contributed by atoms with Gasteiger partial charge in [-0.05, 0) is 12.8 Å². The smallest absolute Gasteiger partial charge is 0.416 e. The Balaban J connectivity index is 1.74. The van der Waals surface area contributed by atoms with E-state index >= 15 is 0 Å². The first-order valence-electron chi connectivity index (χ1n) is 9.49. The third-order valence-electron chi connectivity index (χ3n) is 4.37. The predicted octanol–water partition coefficient (Wildman–Crippen LogP) is 5.99. The van der Waals surface area contributed by atoms with Gasteiger partial charge in [0.05, 0.1) is 5.69 Å². The molecule has 1 aromatic rings. The number of unbranched alkanes of at least 4 members (excludes halogenated alkanes) is 13. The number of nitrogens with one attached hydrogen (secondary N) is 1. The molecule has 3 nitrogen and oxygen atoms in total. The summed E-state index contributed by atoms with van der Waals surface area (Å²) in [4.78, 5) is 13.5. The Labute approximate surface area is 135 Å². The molecule has 0 aliphatic heterocycles. The van der Waals surface area contributed by atoms with Crippen LogP contribution < -0.4 is 5.76 Å². The molecule has 128 valence electrons. The van der Waals surface area contributed by atoms with Crippen LogP contribution in [0.4, 0.5) is 0 Å². The van der Waals surface area contributed by atoms with Gasteiger partial charge in [-0.3, -0.25) is 4.98 Å². The van der Waals surface area contributed by atoms with E-state index in [0.717, 1.165) is 18.5 Å². The number of aryl methyl sites for hydroxylation is 1. The normalized spacial score (nSPS) is 11.1. The van der Waals surface area contributed by atoms with Crippen LogP contribution in [0.1, 0.15) is 103 Å². The second-order valence-corrected chi connectivity index (χ2v) is 6.52. The maximum atomic E-state index is 10.8. The van der Waals surface area contributed by atoms with Crippen molar-refractivity contribution in [1.29, 1.82) is 0 Å². The molecule has 0 aliphatic rings. The van der Waals surface area contributed by atoms with Gasteiger partial charge >= 0.3 is 5.76 Å². The minimum absolute atomic E-state index is 0.333. The Hall–Kier alpha value is -0.990. The molecule has 0 atom stereocenters. The number of aromatic nitrogens is 1. The summed E-state index contributed by atoms with van der Waals surface area (Å²) in [7, 11) is 0. The number of hydrogen-bond acceptors (Lipinski definition) is 2. The molecule has 0 amide bonds. The van der Waals surface area contributed by atoms with Crippen molar-refractivity contribution in [3.8, 4) is 0 Å². The van der Waals surface area contributed by atoms with Crippen LogP contribution in [0.2, 0.25) is 0 Å². The third-order valence-corrected chi connectivity index (χ3v) is 4.37. The largest absolute Gasteiger partial charge is 0.416 e. The van der Waals surface area contributed by atoms with Crippen molar-refractivity contribution in [2.75, 3.05) is 0 Å². The summed E-state index contributed by atoms with van der Waals surface area (Å²) in [6.07, 6.45) is 21.7. The van der Waals surface area contributed by atoms with E-state index in [-0.39, 0.29) is 5.76 Å². The molecule has 1 rings (SSSR count). The lowest BCUT2D eigenvalue weighted by Crippen LogP contribution is -1.97. The summed E-state index contributed by atoms with van der Waals surface area (Å²) in [6.45, 7) is 2.28. The standard InChI is InChI=1S/C19H35NO2/c1-2-3-4-5-6-7-8-9-10-11-12-13-14-15-16-18-17-22-19(21)20-18/h17H,2-16H2,1H3,(H,20,21). The lowest BCUT2D eigenvalue weighted by atomic mass is 10.0. The molecule has 1 aromatic heterocycles. The molecule has 0 saturated carbocycles. The van der Waals surface area contributed by atoms with Crippen LogP contribution in [0.15, 0.2) is 15.5 Å². The fraction of sp³-hybridized carbons (Fsp3) is 0.842. The molecule has 0 unspecified atom stereocenters. The number of oxazole rings is 1. The molecular formula is C19H35NO2. The minimum Gasteiger partial charge on any atom is -0.416 e. The Morgan fingerprint density at radius 3 is 1.64 bits per heavy atom. The highest BCUT2D eigenvalue weighted by molar-refractivity contribution is 4.90. The van der Waals surface area contributed by atoms with Crippen molar-refractivity contribution in [3.63, 3.8) is 0 Å². The first kappa shape index (κ1) is 19.1. The van der Waals surface area contributed by atoms with Crippen molar-refractivity contribution < 1.29 is 4.42 Å². The monoisotopic (exact) mass is 309 g/mol. The van der Waals surface area contributed by atoms with E-state index in [9.17, 15) is 4.79 Å². The van der Waals surface area contributed by atoms with E-state index in [1.807, 2.05) is 0 Å². The first-order valence-corrected chi connectivity index (χ1v) is 9.49. The maximum absolute atomic E-state index is 10.8. The molecule has 22 heavy (non-hydrogen) atoms. The molecule has 0 spiro atoms. The molecule has 0 fully saturated rings. The average Bonchev–Trinajstić information content (AvgIpc) is 2.93.